The molecule has 0 atom stereocenters. The highest BCUT2D eigenvalue weighted by Crippen LogP contribution is 2.25. The first-order chi connectivity index (χ1) is 9.70. The molecule has 0 bridgehead atoms. The molecule has 1 N–H and O–H groups in total. The van der Waals surface area contributed by atoms with Crippen molar-refractivity contribution in [2.24, 2.45) is 0 Å². The first-order valence-electron chi connectivity index (χ1n) is 6.68. The molecule has 20 heavy (non-hydrogen) atoms. The minimum absolute atomic E-state index is 0.547. The number of halogens is 1. The lowest BCUT2D eigenvalue weighted by Gasteiger charge is -2.09. The van der Waals surface area contributed by atoms with E-state index in [9.17, 15) is 0 Å². The molecule has 1 fully saturated rings. The zero-order chi connectivity index (χ0) is 13.9. The molecule has 0 amide bonds. The molecule has 0 spiro atoms. The van der Waals surface area contributed by atoms with Crippen molar-refractivity contribution in [3.63, 3.8) is 0 Å². The highest BCUT2D eigenvalue weighted by Gasteiger charge is 2.20. The lowest BCUT2D eigenvalue weighted by Crippen LogP contribution is -2.15. The molecule has 2 heterocycles. The maximum atomic E-state index is 5.88. The van der Waals surface area contributed by atoms with Gasteiger partial charge in [0.25, 0.3) is 0 Å². The molecule has 104 valence electrons. The minimum atomic E-state index is 0.547. The Kier molecular flexibility index (Phi) is 3.85. The molecule has 5 heteroatoms. The summed E-state index contributed by atoms with van der Waals surface area (Å²) < 4.78 is 5.70. The Labute approximate surface area is 123 Å². The molecule has 3 rings (SSSR count). The number of pyridine rings is 2. The van der Waals surface area contributed by atoms with E-state index in [1.54, 1.807) is 18.5 Å². The van der Waals surface area contributed by atoms with Gasteiger partial charge in [-0.15, -0.1) is 0 Å². The molecule has 2 aromatic heterocycles. The Hall–Kier alpha value is -1.65. The zero-order valence-corrected chi connectivity index (χ0v) is 12.0. The van der Waals surface area contributed by atoms with Gasteiger partial charge in [-0.3, -0.25) is 4.98 Å². The van der Waals surface area contributed by atoms with Crippen molar-refractivity contribution in [3.8, 4) is 11.6 Å². The molecule has 1 aliphatic rings. The SMILES string of the molecule is Cc1cc(CNC2CC2)cnc1Oc1cncc(Cl)c1. The van der Waals surface area contributed by atoms with Crippen molar-refractivity contribution >= 4 is 11.6 Å². The predicted molar refractivity (Wildman–Crippen MR) is 78.2 cm³/mol. The topological polar surface area (TPSA) is 47.0 Å². The number of aryl methyl sites for hydroxylation is 1. The smallest absolute Gasteiger partial charge is 0.222 e. The summed E-state index contributed by atoms with van der Waals surface area (Å²) in [5.74, 6) is 1.18. The van der Waals surface area contributed by atoms with Crippen LogP contribution in [0.5, 0.6) is 11.6 Å². The first-order valence-corrected chi connectivity index (χ1v) is 7.06. The number of ether oxygens (including phenoxy) is 1. The van der Waals surface area contributed by atoms with Crippen LogP contribution in [0.2, 0.25) is 5.02 Å². The van der Waals surface area contributed by atoms with Gasteiger partial charge in [0, 0.05) is 36.6 Å². The lowest BCUT2D eigenvalue weighted by atomic mass is 10.2. The van der Waals surface area contributed by atoms with Crippen molar-refractivity contribution in [1.29, 1.82) is 0 Å². The lowest BCUT2D eigenvalue weighted by molar-refractivity contribution is 0.456. The quantitative estimate of drug-likeness (QED) is 0.915. The number of rotatable bonds is 5. The van der Waals surface area contributed by atoms with Gasteiger partial charge in [-0.05, 0) is 31.4 Å². The van der Waals surface area contributed by atoms with E-state index in [0.29, 0.717) is 22.7 Å². The Bertz CT molecular complexity index is 614. The van der Waals surface area contributed by atoms with E-state index in [1.165, 1.54) is 18.4 Å². The van der Waals surface area contributed by atoms with Crippen LogP contribution in [-0.2, 0) is 6.54 Å². The van der Waals surface area contributed by atoms with Crippen molar-refractivity contribution < 1.29 is 4.74 Å². The first kappa shape index (κ1) is 13.3. The molecule has 1 aliphatic carbocycles. The highest BCUT2D eigenvalue weighted by molar-refractivity contribution is 6.30. The van der Waals surface area contributed by atoms with E-state index in [-0.39, 0.29) is 0 Å². The molecule has 0 saturated heterocycles. The molecule has 0 aliphatic heterocycles. The van der Waals surface area contributed by atoms with E-state index in [2.05, 4.69) is 21.4 Å². The average Bonchev–Trinajstić information content (AvgIpc) is 3.23. The van der Waals surface area contributed by atoms with Crippen LogP contribution in [0.15, 0.2) is 30.7 Å². The Balaban J connectivity index is 1.69. The van der Waals surface area contributed by atoms with Crippen LogP contribution >= 0.6 is 11.6 Å². The van der Waals surface area contributed by atoms with Crippen LogP contribution in [0.1, 0.15) is 24.0 Å². The minimum Gasteiger partial charge on any atom is -0.437 e. The summed E-state index contributed by atoms with van der Waals surface area (Å²) in [6.07, 6.45) is 7.61. The van der Waals surface area contributed by atoms with Gasteiger partial charge in [0.1, 0.15) is 5.75 Å². The molecule has 0 aromatic carbocycles. The van der Waals surface area contributed by atoms with Gasteiger partial charge < -0.3 is 10.1 Å². The summed E-state index contributed by atoms with van der Waals surface area (Å²) in [7, 11) is 0. The number of hydrogen-bond donors (Lipinski definition) is 1. The standard InChI is InChI=1S/C15H16ClN3O/c1-10-4-11(6-18-13-2-3-13)7-19-15(10)20-14-5-12(16)8-17-9-14/h4-5,7-9,13,18H,2-3,6H2,1H3. The number of hydrogen-bond acceptors (Lipinski definition) is 4. The Morgan fingerprint density at radius 3 is 2.85 bits per heavy atom. The van der Waals surface area contributed by atoms with E-state index in [4.69, 9.17) is 16.3 Å². The number of nitrogens with zero attached hydrogens (tertiary/aromatic N) is 2. The van der Waals surface area contributed by atoms with E-state index in [0.717, 1.165) is 12.1 Å². The third-order valence-corrected chi connectivity index (χ3v) is 3.36. The van der Waals surface area contributed by atoms with Gasteiger partial charge >= 0.3 is 0 Å². The van der Waals surface area contributed by atoms with Crippen molar-refractivity contribution in [1.82, 2.24) is 15.3 Å². The van der Waals surface area contributed by atoms with Gasteiger partial charge in [0.2, 0.25) is 5.88 Å². The third-order valence-electron chi connectivity index (χ3n) is 3.15. The second kappa shape index (κ2) is 5.77. The van der Waals surface area contributed by atoms with Crippen LogP contribution in [0, 0.1) is 6.92 Å². The molecule has 2 aromatic rings. The maximum absolute atomic E-state index is 5.88. The van der Waals surface area contributed by atoms with Crippen LogP contribution in [0.25, 0.3) is 0 Å². The van der Waals surface area contributed by atoms with Gasteiger partial charge in [0.05, 0.1) is 11.2 Å². The zero-order valence-electron chi connectivity index (χ0n) is 11.3. The fourth-order valence-corrected chi connectivity index (χ4v) is 2.10. The molecule has 0 radical (unpaired) electrons. The molecular weight excluding hydrogens is 274 g/mol. The average molecular weight is 290 g/mol. The van der Waals surface area contributed by atoms with Crippen molar-refractivity contribution in [3.05, 3.63) is 46.9 Å². The van der Waals surface area contributed by atoms with Crippen LogP contribution in [-0.4, -0.2) is 16.0 Å². The van der Waals surface area contributed by atoms with Crippen molar-refractivity contribution in [2.45, 2.75) is 32.4 Å². The normalized spacial score (nSPS) is 14.3. The van der Waals surface area contributed by atoms with Crippen LogP contribution < -0.4 is 10.1 Å². The Morgan fingerprint density at radius 2 is 2.15 bits per heavy atom. The van der Waals surface area contributed by atoms with Gasteiger partial charge in [-0.1, -0.05) is 11.6 Å². The summed E-state index contributed by atoms with van der Waals surface area (Å²) in [4.78, 5) is 8.36. The fraction of sp³-hybridized carbons (Fsp3) is 0.333. The van der Waals surface area contributed by atoms with Crippen LogP contribution in [0.4, 0.5) is 0 Å². The second-order valence-corrected chi connectivity index (χ2v) is 5.50. The summed E-state index contributed by atoms with van der Waals surface area (Å²) in [6.45, 7) is 2.85. The van der Waals surface area contributed by atoms with Gasteiger partial charge in [0.15, 0.2) is 0 Å². The Morgan fingerprint density at radius 1 is 1.30 bits per heavy atom. The highest BCUT2D eigenvalue weighted by atomic mass is 35.5. The van der Waals surface area contributed by atoms with E-state index in [1.807, 2.05) is 13.1 Å². The van der Waals surface area contributed by atoms with Crippen LogP contribution in [0.3, 0.4) is 0 Å². The monoisotopic (exact) mass is 289 g/mol. The summed E-state index contributed by atoms with van der Waals surface area (Å²) in [6, 6.07) is 4.51. The molecule has 1 saturated carbocycles. The fourth-order valence-electron chi connectivity index (χ4n) is 1.93. The van der Waals surface area contributed by atoms with E-state index < -0.39 is 0 Å². The van der Waals surface area contributed by atoms with Gasteiger partial charge in [-0.25, -0.2) is 4.98 Å². The molecular formula is C15H16ClN3O. The second-order valence-electron chi connectivity index (χ2n) is 5.06. The molecule has 4 nitrogen and oxygen atoms in total. The van der Waals surface area contributed by atoms with Crippen molar-refractivity contribution in [2.75, 3.05) is 0 Å². The molecule has 0 unspecified atom stereocenters. The van der Waals surface area contributed by atoms with E-state index >= 15 is 0 Å². The van der Waals surface area contributed by atoms with Gasteiger partial charge in [-0.2, -0.15) is 0 Å². The summed E-state index contributed by atoms with van der Waals surface area (Å²) >= 11 is 5.88. The number of aromatic nitrogens is 2. The summed E-state index contributed by atoms with van der Waals surface area (Å²) in [5.41, 5.74) is 2.17. The maximum Gasteiger partial charge on any atom is 0.222 e. The number of nitrogens with one attached hydrogen (secondary N) is 1. The predicted octanol–water partition coefficient (Wildman–Crippen LogP) is 3.48. The summed E-state index contributed by atoms with van der Waals surface area (Å²) in [5, 5.41) is 4.02. The third kappa shape index (κ3) is 3.46. The largest absolute Gasteiger partial charge is 0.437 e.